The van der Waals surface area contributed by atoms with Crippen LogP contribution >= 0.6 is 0 Å². The van der Waals surface area contributed by atoms with Crippen molar-refractivity contribution in [1.29, 1.82) is 0 Å². The Kier molecular flexibility index (Phi) is 2.90. The molecule has 0 aliphatic carbocycles. The third-order valence-corrected chi connectivity index (χ3v) is 0.484. The van der Waals surface area contributed by atoms with Crippen LogP contribution in [0.25, 0.3) is 0 Å². The molecule has 0 aromatic rings. The number of carbonyl (C=O) groups is 1. The SMILES string of the molecule is NCC(N)OC(=O)O. The van der Waals surface area contributed by atoms with E-state index in [1.165, 1.54) is 0 Å². The Morgan fingerprint density at radius 3 is 2.50 bits per heavy atom. The lowest BCUT2D eigenvalue weighted by Crippen LogP contribution is -2.34. The van der Waals surface area contributed by atoms with Gasteiger partial charge < -0.3 is 15.6 Å². The summed E-state index contributed by atoms with van der Waals surface area (Å²) in [7, 11) is 0. The van der Waals surface area contributed by atoms with E-state index in [0.717, 1.165) is 0 Å². The van der Waals surface area contributed by atoms with Gasteiger partial charge in [0, 0.05) is 6.54 Å². The maximum atomic E-state index is 9.61. The van der Waals surface area contributed by atoms with Crippen molar-refractivity contribution < 1.29 is 14.6 Å². The van der Waals surface area contributed by atoms with Crippen LogP contribution in [0.4, 0.5) is 4.79 Å². The predicted molar refractivity (Wildman–Crippen MR) is 26.1 cm³/mol. The molecule has 0 radical (unpaired) electrons. The van der Waals surface area contributed by atoms with E-state index >= 15 is 0 Å². The molecule has 5 heteroatoms. The lowest BCUT2D eigenvalue weighted by molar-refractivity contribution is 0.0577. The minimum atomic E-state index is -1.40. The molecule has 0 spiro atoms. The maximum Gasteiger partial charge on any atom is 0.507 e. The first-order valence-electron chi connectivity index (χ1n) is 2.02. The van der Waals surface area contributed by atoms with Crippen LogP contribution in [0.5, 0.6) is 0 Å². The summed E-state index contributed by atoms with van der Waals surface area (Å²) < 4.78 is 3.97. The van der Waals surface area contributed by atoms with Crippen LogP contribution in [-0.4, -0.2) is 24.0 Å². The highest BCUT2D eigenvalue weighted by atomic mass is 16.7. The third-order valence-electron chi connectivity index (χ3n) is 0.484. The molecule has 1 atom stereocenters. The van der Waals surface area contributed by atoms with Crippen LogP contribution < -0.4 is 11.5 Å². The van der Waals surface area contributed by atoms with Gasteiger partial charge in [0.1, 0.15) is 0 Å². The minimum absolute atomic E-state index is 0.00625. The smallest absolute Gasteiger partial charge is 0.450 e. The van der Waals surface area contributed by atoms with Gasteiger partial charge >= 0.3 is 6.16 Å². The van der Waals surface area contributed by atoms with Crippen molar-refractivity contribution in [3.05, 3.63) is 0 Å². The third kappa shape index (κ3) is 3.38. The first-order chi connectivity index (χ1) is 3.66. The Labute approximate surface area is 46.2 Å². The van der Waals surface area contributed by atoms with Gasteiger partial charge in [0.05, 0.1) is 0 Å². The molecule has 8 heavy (non-hydrogen) atoms. The van der Waals surface area contributed by atoms with E-state index in [1.807, 2.05) is 0 Å². The molecule has 0 saturated heterocycles. The first kappa shape index (κ1) is 7.19. The minimum Gasteiger partial charge on any atom is -0.450 e. The van der Waals surface area contributed by atoms with E-state index in [1.54, 1.807) is 0 Å². The van der Waals surface area contributed by atoms with Crippen LogP contribution in [0.15, 0.2) is 0 Å². The molecular weight excluding hydrogens is 112 g/mol. The summed E-state index contributed by atoms with van der Waals surface area (Å²) in [4.78, 5) is 9.61. The summed E-state index contributed by atoms with van der Waals surface area (Å²) in [5, 5.41) is 7.86. The lowest BCUT2D eigenvalue weighted by atomic mass is 10.6. The zero-order valence-corrected chi connectivity index (χ0v) is 4.20. The van der Waals surface area contributed by atoms with Crippen LogP contribution in [0.1, 0.15) is 0 Å². The van der Waals surface area contributed by atoms with Crippen LogP contribution in [0.3, 0.4) is 0 Å². The molecule has 0 fully saturated rings. The van der Waals surface area contributed by atoms with Gasteiger partial charge in [-0.15, -0.1) is 0 Å². The number of hydrogen-bond acceptors (Lipinski definition) is 4. The summed E-state index contributed by atoms with van der Waals surface area (Å²) in [6, 6.07) is 0. The quantitative estimate of drug-likeness (QED) is 0.318. The molecule has 0 heterocycles. The number of nitrogens with two attached hydrogens (primary N) is 2. The average molecular weight is 120 g/mol. The summed E-state index contributed by atoms with van der Waals surface area (Å²) in [6.45, 7) is 0.00625. The zero-order chi connectivity index (χ0) is 6.57. The second kappa shape index (κ2) is 3.23. The standard InChI is InChI=1S/C3H8N2O3/c4-1-2(5)8-3(6)7/h2H,1,4-5H2,(H,6,7). The molecule has 0 aromatic heterocycles. The molecule has 1 unspecified atom stereocenters. The molecule has 48 valence electrons. The number of carboxylic acid groups (broad SMARTS) is 1. The van der Waals surface area contributed by atoms with Gasteiger partial charge in [0.25, 0.3) is 0 Å². The Morgan fingerprint density at radius 2 is 2.38 bits per heavy atom. The average Bonchev–Trinajstić information content (AvgIpc) is 1.65. The van der Waals surface area contributed by atoms with E-state index < -0.39 is 12.4 Å². The van der Waals surface area contributed by atoms with E-state index in [-0.39, 0.29) is 6.54 Å². The maximum absolute atomic E-state index is 9.61. The summed E-state index contributed by atoms with van der Waals surface area (Å²) in [5.74, 6) is 0. The van der Waals surface area contributed by atoms with Gasteiger partial charge in [-0.25, -0.2) is 4.79 Å². The van der Waals surface area contributed by atoms with Gasteiger partial charge in [-0.3, -0.25) is 5.73 Å². The van der Waals surface area contributed by atoms with E-state index in [4.69, 9.17) is 16.6 Å². The van der Waals surface area contributed by atoms with Crippen molar-refractivity contribution >= 4 is 6.16 Å². The highest BCUT2D eigenvalue weighted by Gasteiger charge is 2.02. The molecule has 5 nitrogen and oxygen atoms in total. The Balaban J connectivity index is 3.24. The normalized spacial score (nSPS) is 12.8. The highest BCUT2D eigenvalue weighted by molar-refractivity contribution is 5.56. The van der Waals surface area contributed by atoms with Crippen LogP contribution in [0, 0.1) is 0 Å². The van der Waals surface area contributed by atoms with Crippen LogP contribution in [-0.2, 0) is 4.74 Å². The van der Waals surface area contributed by atoms with Gasteiger partial charge in [0.15, 0.2) is 6.23 Å². The molecule has 0 aliphatic heterocycles. The van der Waals surface area contributed by atoms with Crippen molar-refractivity contribution in [2.24, 2.45) is 11.5 Å². The Morgan fingerprint density at radius 1 is 1.88 bits per heavy atom. The molecule has 0 aliphatic rings. The van der Waals surface area contributed by atoms with Gasteiger partial charge in [-0.05, 0) is 0 Å². The molecule has 0 amide bonds. The lowest BCUT2D eigenvalue weighted by Gasteiger charge is -2.04. The van der Waals surface area contributed by atoms with Crippen molar-refractivity contribution in [3.8, 4) is 0 Å². The van der Waals surface area contributed by atoms with Gasteiger partial charge in [-0.1, -0.05) is 0 Å². The van der Waals surface area contributed by atoms with E-state index in [2.05, 4.69) is 4.74 Å². The Bertz CT molecular complexity index is 84.6. The van der Waals surface area contributed by atoms with Crippen molar-refractivity contribution in [3.63, 3.8) is 0 Å². The fourth-order valence-corrected chi connectivity index (χ4v) is 0.178. The summed E-state index contributed by atoms with van der Waals surface area (Å²) >= 11 is 0. The fraction of sp³-hybridized carbons (Fsp3) is 0.667. The second-order valence-corrected chi connectivity index (χ2v) is 1.16. The summed E-state index contributed by atoms with van der Waals surface area (Å²) in [5.41, 5.74) is 9.85. The van der Waals surface area contributed by atoms with Crippen molar-refractivity contribution in [2.45, 2.75) is 6.23 Å². The highest BCUT2D eigenvalue weighted by Crippen LogP contribution is 1.78. The number of rotatable bonds is 2. The van der Waals surface area contributed by atoms with Gasteiger partial charge in [-0.2, -0.15) is 0 Å². The molecule has 5 N–H and O–H groups in total. The molecule has 0 saturated carbocycles. The largest absolute Gasteiger partial charge is 0.507 e. The predicted octanol–water partition coefficient (Wildman–Crippen LogP) is -1.08. The second-order valence-electron chi connectivity index (χ2n) is 1.16. The van der Waals surface area contributed by atoms with E-state index in [9.17, 15) is 4.79 Å². The topological polar surface area (TPSA) is 98.6 Å². The van der Waals surface area contributed by atoms with Crippen LogP contribution in [0.2, 0.25) is 0 Å². The fourth-order valence-electron chi connectivity index (χ4n) is 0.178. The van der Waals surface area contributed by atoms with Crippen molar-refractivity contribution in [1.82, 2.24) is 0 Å². The zero-order valence-electron chi connectivity index (χ0n) is 4.20. The summed E-state index contributed by atoms with van der Waals surface area (Å²) in [6.07, 6.45) is -2.30. The molecule has 0 rings (SSSR count). The molecular formula is C3H8N2O3. The monoisotopic (exact) mass is 120 g/mol. The molecule has 0 aromatic carbocycles. The molecule has 0 bridgehead atoms. The van der Waals surface area contributed by atoms with Gasteiger partial charge in [0.2, 0.25) is 0 Å². The Hall–Kier alpha value is -0.810. The van der Waals surface area contributed by atoms with E-state index in [0.29, 0.717) is 0 Å². The number of ether oxygens (including phenoxy) is 1. The first-order valence-corrected chi connectivity index (χ1v) is 2.02. The number of hydrogen-bond donors (Lipinski definition) is 3. The van der Waals surface area contributed by atoms with Crippen molar-refractivity contribution in [2.75, 3.05) is 6.54 Å².